The number of carbonyl (C=O) groups excluding carboxylic acids is 3. The molecule has 0 aliphatic carbocycles. The summed E-state index contributed by atoms with van der Waals surface area (Å²) in [6, 6.07) is 23.3. The normalized spacial score (nSPS) is 19.0. The lowest BCUT2D eigenvalue weighted by Gasteiger charge is -2.54. The van der Waals surface area contributed by atoms with E-state index in [1.807, 2.05) is 42.5 Å². The highest BCUT2D eigenvalue weighted by atomic mass is 19.4. The minimum absolute atomic E-state index is 0.0171. The molecule has 2 aliphatic heterocycles. The Morgan fingerprint density at radius 2 is 1.59 bits per heavy atom. The van der Waals surface area contributed by atoms with E-state index in [2.05, 4.69) is 5.32 Å². The topological polar surface area (TPSA) is 96.4 Å². The van der Waals surface area contributed by atoms with Crippen molar-refractivity contribution in [2.45, 2.75) is 37.9 Å². The predicted octanol–water partition coefficient (Wildman–Crippen LogP) is 4.74. The molecule has 238 valence electrons. The monoisotopic (exact) mass is 631 g/mol. The maximum Gasteiger partial charge on any atom is 0.416 e. The van der Waals surface area contributed by atoms with Gasteiger partial charge in [-0.25, -0.2) is 14.8 Å². The molecule has 4 amide bonds. The number of amides is 4. The highest BCUT2D eigenvalue weighted by Gasteiger charge is 2.50. The minimum atomic E-state index is -4.60. The number of aromatic hydroxyl groups is 1. The van der Waals surface area contributed by atoms with Crippen LogP contribution in [0.3, 0.4) is 0 Å². The molecule has 2 atom stereocenters. The lowest BCUT2D eigenvalue weighted by Crippen LogP contribution is -2.76. The van der Waals surface area contributed by atoms with Crippen molar-refractivity contribution in [2.75, 3.05) is 20.1 Å². The molecule has 2 fully saturated rings. The van der Waals surface area contributed by atoms with E-state index in [0.29, 0.717) is 5.56 Å². The smallest absolute Gasteiger partial charge is 0.416 e. The van der Waals surface area contributed by atoms with Gasteiger partial charge in [-0.15, -0.1) is 0 Å². The van der Waals surface area contributed by atoms with E-state index in [-0.39, 0.29) is 49.2 Å². The molecular formula is C34H32F3N5O4. The number of phenols is 1. The molecule has 4 aromatic carbocycles. The first-order valence-corrected chi connectivity index (χ1v) is 14.8. The van der Waals surface area contributed by atoms with Crippen molar-refractivity contribution in [1.29, 1.82) is 0 Å². The van der Waals surface area contributed by atoms with Gasteiger partial charge in [-0.2, -0.15) is 13.2 Å². The van der Waals surface area contributed by atoms with E-state index in [0.717, 1.165) is 22.4 Å². The van der Waals surface area contributed by atoms with Gasteiger partial charge in [0, 0.05) is 26.6 Å². The first-order chi connectivity index (χ1) is 22.0. The summed E-state index contributed by atoms with van der Waals surface area (Å²) in [5.41, 5.74) is 0.641. The average molecular weight is 632 g/mol. The SMILES string of the molecule is CN1CC(=O)N2C(CN(Cc3cccc4ccccc34)C(=O)[C@@H]2Cc2ccc(O)cc2)N1C(=O)NCc1ccccc1C(F)(F)F. The number of nitrogens with zero attached hydrogens (tertiary/aromatic N) is 4. The number of halogens is 3. The second kappa shape index (κ2) is 12.4. The van der Waals surface area contributed by atoms with Crippen LogP contribution in [-0.2, 0) is 35.3 Å². The molecule has 6 rings (SSSR count). The Kier molecular flexibility index (Phi) is 8.30. The Hall–Kier alpha value is -5.10. The Labute approximate surface area is 263 Å². The van der Waals surface area contributed by atoms with Crippen LogP contribution < -0.4 is 5.32 Å². The van der Waals surface area contributed by atoms with Crippen molar-refractivity contribution in [3.05, 3.63) is 113 Å². The van der Waals surface area contributed by atoms with Crippen LogP contribution in [0, 0.1) is 0 Å². The lowest BCUT2D eigenvalue weighted by molar-refractivity contribution is -0.187. The number of hydrazine groups is 1. The van der Waals surface area contributed by atoms with E-state index in [9.17, 15) is 32.7 Å². The van der Waals surface area contributed by atoms with Crippen LogP contribution in [-0.4, -0.2) is 75.1 Å². The third-order valence-corrected chi connectivity index (χ3v) is 8.51. The number of carbonyl (C=O) groups is 3. The fourth-order valence-electron chi connectivity index (χ4n) is 6.34. The van der Waals surface area contributed by atoms with Gasteiger partial charge in [0.15, 0.2) is 0 Å². The molecule has 12 heteroatoms. The molecule has 0 bridgehead atoms. The Bertz CT molecular complexity index is 1780. The maximum atomic E-state index is 14.2. The maximum absolute atomic E-state index is 14.2. The summed E-state index contributed by atoms with van der Waals surface area (Å²) < 4.78 is 40.9. The van der Waals surface area contributed by atoms with Crippen molar-refractivity contribution in [3.63, 3.8) is 0 Å². The van der Waals surface area contributed by atoms with Crippen LogP contribution in [0.25, 0.3) is 10.8 Å². The van der Waals surface area contributed by atoms with E-state index in [1.54, 1.807) is 24.1 Å². The second-order valence-corrected chi connectivity index (χ2v) is 11.5. The number of likely N-dealkylation sites (N-methyl/N-ethyl adjacent to an activating group) is 1. The summed E-state index contributed by atoms with van der Waals surface area (Å²) in [5, 5.41) is 17.1. The number of phenolic OH excluding ortho intramolecular Hbond substituents is 1. The number of alkyl halides is 3. The third-order valence-electron chi connectivity index (χ3n) is 8.51. The predicted molar refractivity (Wildman–Crippen MR) is 164 cm³/mol. The second-order valence-electron chi connectivity index (χ2n) is 11.5. The molecule has 0 saturated carbocycles. The lowest BCUT2D eigenvalue weighted by atomic mass is 9.97. The van der Waals surface area contributed by atoms with Crippen molar-refractivity contribution >= 4 is 28.6 Å². The van der Waals surface area contributed by atoms with Gasteiger partial charge in [0.25, 0.3) is 0 Å². The van der Waals surface area contributed by atoms with Gasteiger partial charge < -0.3 is 20.2 Å². The van der Waals surface area contributed by atoms with Crippen LogP contribution in [0.4, 0.5) is 18.0 Å². The van der Waals surface area contributed by atoms with Crippen LogP contribution in [0.15, 0.2) is 91.0 Å². The van der Waals surface area contributed by atoms with Crippen molar-refractivity contribution in [1.82, 2.24) is 25.1 Å². The van der Waals surface area contributed by atoms with Gasteiger partial charge >= 0.3 is 12.2 Å². The van der Waals surface area contributed by atoms with Gasteiger partial charge in [-0.3, -0.25) is 9.59 Å². The van der Waals surface area contributed by atoms with Crippen molar-refractivity contribution in [3.8, 4) is 5.75 Å². The first kappa shape index (κ1) is 30.9. The standard InChI is InChI=1S/C34H32F3N5O4/c1-39-21-31(44)41-29(17-22-13-15-26(43)16-14-22)32(45)40(19-25-10-6-9-23-7-2-4-11-27(23)25)20-30(41)42(39)33(46)38-18-24-8-3-5-12-28(24)34(35,36)37/h2-16,29-30,43H,17-21H2,1H3,(H,38,46)/t29-,30?/m0/s1. The summed E-state index contributed by atoms with van der Waals surface area (Å²) in [6.45, 7) is -0.416. The zero-order chi connectivity index (χ0) is 32.6. The number of hydrogen-bond donors (Lipinski definition) is 2. The van der Waals surface area contributed by atoms with Crippen LogP contribution in [0.2, 0.25) is 0 Å². The molecule has 46 heavy (non-hydrogen) atoms. The van der Waals surface area contributed by atoms with Gasteiger partial charge in [-0.05, 0) is 45.7 Å². The quantitative estimate of drug-likeness (QED) is 0.321. The van der Waals surface area contributed by atoms with Crippen molar-refractivity contribution < 1.29 is 32.7 Å². The number of urea groups is 1. The summed E-state index contributed by atoms with van der Waals surface area (Å²) in [5.74, 6) is -0.602. The number of nitrogens with one attached hydrogen (secondary N) is 1. The molecule has 2 heterocycles. The zero-order valence-corrected chi connectivity index (χ0v) is 24.9. The van der Waals surface area contributed by atoms with E-state index in [4.69, 9.17) is 0 Å². The molecule has 2 aliphatic rings. The molecule has 0 spiro atoms. The third kappa shape index (κ3) is 6.08. The zero-order valence-electron chi connectivity index (χ0n) is 24.9. The van der Waals surface area contributed by atoms with Gasteiger partial charge in [-0.1, -0.05) is 72.8 Å². The Morgan fingerprint density at radius 3 is 2.35 bits per heavy atom. The van der Waals surface area contributed by atoms with Crippen molar-refractivity contribution in [2.24, 2.45) is 0 Å². The molecule has 0 radical (unpaired) electrons. The van der Waals surface area contributed by atoms with Gasteiger partial charge in [0.1, 0.15) is 18.0 Å². The molecule has 2 saturated heterocycles. The summed E-state index contributed by atoms with van der Waals surface area (Å²) in [4.78, 5) is 44.5. The fraction of sp³-hybridized carbons (Fsp3) is 0.265. The highest BCUT2D eigenvalue weighted by molar-refractivity contribution is 5.92. The number of rotatable bonds is 6. The number of benzene rings is 4. The average Bonchev–Trinajstić information content (AvgIpc) is 3.02. The largest absolute Gasteiger partial charge is 0.508 e. The number of hydrogen-bond acceptors (Lipinski definition) is 5. The molecule has 2 N–H and O–H groups in total. The Balaban J connectivity index is 1.33. The molecule has 9 nitrogen and oxygen atoms in total. The number of fused-ring (bicyclic) bond motifs is 2. The van der Waals surface area contributed by atoms with Crippen LogP contribution in [0.1, 0.15) is 22.3 Å². The number of piperazine rings is 1. The molecular weight excluding hydrogens is 599 g/mol. The van der Waals surface area contributed by atoms with E-state index in [1.165, 1.54) is 45.2 Å². The highest BCUT2D eigenvalue weighted by Crippen LogP contribution is 2.33. The Morgan fingerprint density at radius 1 is 0.913 bits per heavy atom. The van der Waals surface area contributed by atoms with Gasteiger partial charge in [0.05, 0.1) is 18.7 Å². The summed E-state index contributed by atoms with van der Waals surface area (Å²) in [6.07, 6.45) is -5.40. The molecule has 0 aromatic heterocycles. The van der Waals surface area contributed by atoms with E-state index >= 15 is 0 Å². The summed E-state index contributed by atoms with van der Waals surface area (Å²) >= 11 is 0. The first-order valence-electron chi connectivity index (χ1n) is 14.8. The minimum Gasteiger partial charge on any atom is -0.508 e. The van der Waals surface area contributed by atoms with Crippen LogP contribution in [0.5, 0.6) is 5.75 Å². The van der Waals surface area contributed by atoms with Crippen LogP contribution >= 0.6 is 0 Å². The molecule has 1 unspecified atom stereocenters. The molecule has 4 aromatic rings. The summed E-state index contributed by atoms with van der Waals surface area (Å²) in [7, 11) is 1.55. The van der Waals surface area contributed by atoms with Gasteiger partial charge in [0.2, 0.25) is 11.8 Å². The van der Waals surface area contributed by atoms with E-state index < -0.39 is 36.5 Å². The fourth-order valence-corrected chi connectivity index (χ4v) is 6.34.